The number of fused-ring (bicyclic) bond motifs is 1. The molecule has 3 fully saturated rings. The number of carbonyl (C=O) groups excluding carboxylic acids is 1. The minimum Gasteiger partial charge on any atom is -0.361 e. The Labute approximate surface area is 115 Å². The van der Waals surface area contributed by atoms with Crippen LogP contribution in [0.3, 0.4) is 0 Å². The van der Waals surface area contributed by atoms with Gasteiger partial charge in [-0.3, -0.25) is 4.79 Å². The van der Waals surface area contributed by atoms with Crippen molar-refractivity contribution in [1.29, 1.82) is 0 Å². The predicted molar refractivity (Wildman–Crippen MR) is 72.7 cm³/mol. The molecule has 0 unspecified atom stereocenters. The van der Waals surface area contributed by atoms with E-state index >= 15 is 0 Å². The van der Waals surface area contributed by atoms with E-state index in [0.717, 1.165) is 19.4 Å². The van der Waals surface area contributed by atoms with E-state index in [1.165, 1.54) is 44.9 Å². The molecule has 3 nitrogen and oxygen atoms in total. The van der Waals surface area contributed by atoms with Gasteiger partial charge in [-0.15, -0.1) is 0 Å². The zero-order chi connectivity index (χ0) is 12.9. The molecule has 2 bridgehead atoms. The zero-order valence-corrected chi connectivity index (χ0v) is 11.5. The first kappa shape index (κ1) is 12.0. The molecule has 0 radical (unpaired) electrons. The van der Waals surface area contributed by atoms with Crippen molar-refractivity contribution in [3.8, 4) is 0 Å². The fourth-order valence-corrected chi connectivity index (χ4v) is 4.98. The number of carbonyl (C=O) groups is 1. The fourth-order valence-electron chi connectivity index (χ4n) is 4.98. The van der Waals surface area contributed by atoms with Gasteiger partial charge >= 0.3 is 0 Å². The summed E-state index contributed by atoms with van der Waals surface area (Å²) in [5, 5.41) is 0. The third kappa shape index (κ3) is 1.63. The summed E-state index contributed by atoms with van der Waals surface area (Å²) in [6.07, 6.45) is 15.8. The number of likely N-dealkylation sites (tertiary alicyclic amines) is 1. The van der Waals surface area contributed by atoms with Crippen LogP contribution in [0.5, 0.6) is 0 Å². The average Bonchev–Trinajstić information content (AvgIpc) is 2.88. The predicted octanol–water partition coefficient (Wildman–Crippen LogP) is 2.66. The van der Waals surface area contributed by atoms with Crippen molar-refractivity contribution in [2.24, 2.45) is 5.92 Å². The number of nitrogens with zero attached hydrogens (tertiary/aromatic N) is 1. The van der Waals surface area contributed by atoms with Crippen molar-refractivity contribution in [2.75, 3.05) is 6.54 Å². The molecule has 3 heterocycles. The van der Waals surface area contributed by atoms with E-state index in [4.69, 9.17) is 4.74 Å². The molecule has 0 aromatic carbocycles. The third-order valence-corrected chi connectivity index (χ3v) is 5.99. The van der Waals surface area contributed by atoms with Gasteiger partial charge < -0.3 is 9.64 Å². The van der Waals surface area contributed by atoms with E-state index in [9.17, 15) is 4.79 Å². The van der Waals surface area contributed by atoms with Crippen molar-refractivity contribution < 1.29 is 9.53 Å². The van der Waals surface area contributed by atoms with Gasteiger partial charge in [-0.05, 0) is 31.6 Å². The first-order valence-corrected chi connectivity index (χ1v) is 7.86. The maximum absolute atomic E-state index is 11.7. The lowest BCUT2D eigenvalue weighted by molar-refractivity contribution is -0.140. The molecule has 0 aromatic rings. The largest absolute Gasteiger partial charge is 0.361 e. The van der Waals surface area contributed by atoms with Crippen LogP contribution in [0.1, 0.15) is 51.4 Å². The molecule has 3 aliphatic heterocycles. The lowest BCUT2D eigenvalue weighted by Crippen LogP contribution is -2.61. The summed E-state index contributed by atoms with van der Waals surface area (Å²) in [7, 11) is 0. The van der Waals surface area contributed by atoms with Gasteiger partial charge in [-0.1, -0.05) is 37.8 Å². The molecule has 1 amide bonds. The van der Waals surface area contributed by atoms with Crippen LogP contribution < -0.4 is 0 Å². The zero-order valence-electron chi connectivity index (χ0n) is 11.5. The van der Waals surface area contributed by atoms with Crippen LogP contribution in [0, 0.1) is 5.92 Å². The number of piperidine rings is 1. The van der Waals surface area contributed by atoms with Crippen LogP contribution in [0.2, 0.25) is 0 Å². The first-order valence-electron chi connectivity index (χ1n) is 7.86. The summed E-state index contributed by atoms with van der Waals surface area (Å²) < 4.78 is 6.15. The summed E-state index contributed by atoms with van der Waals surface area (Å²) in [5.74, 6) is 0.636. The minimum atomic E-state index is -0.136. The maximum Gasteiger partial charge on any atom is 0.210 e. The van der Waals surface area contributed by atoms with E-state index in [0.29, 0.717) is 12.0 Å². The van der Waals surface area contributed by atoms with E-state index in [1.807, 2.05) is 0 Å². The van der Waals surface area contributed by atoms with Gasteiger partial charge in [0.05, 0.1) is 12.6 Å². The molecule has 2 saturated heterocycles. The van der Waals surface area contributed by atoms with Crippen LogP contribution in [0.4, 0.5) is 0 Å². The maximum atomic E-state index is 11.7. The topological polar surface area (TPSA) is 29.5 Å². The number of rotatable bonds is 1. The molecule has 19 heavy (non-hydrogen) atoms. The Morgan fingerprint density at radius 1 is 1.21 bits per heavy atom. The minimum absolute atomic E-state index is 0.136. The summed E-state index contributed by atoms with van der Waals surface area (Å²) in [4.78, 5) is 13.8. The summed E-state index contributed by atoms with van der Waals surface area (Å²) in [5.41, 5.74) is 0.0129. The molecule has 4 rings (SSSR count). The standard InChI is InChI=1S/C16H23NO2/c18-12-17-11-16-8-5-14(19-16)9-13(16)10-15(17)6-3-1-2-4-7-15/h5,8,12-14H,1-4,6-7,9-11H2/t13-,14+,16+/m0/s1. The highest BCUT2D eigenvalue weighted by atomic mass is 16.5. The van der Waals surface area contributed by atoms with Gasteiger partial charge in [0.25, 0.3) is 0 Å². The number of hydrogen-bond donors (Lipinski definition) is 0. The van der Waals surface area contributed by atoms with E-state index in [2.05, 4.69) is 17.1 Å². The first-order chi connectivity index (χ1) is 9.26. The summed E-state index contributed by atoms with van der Waals surface area (Å²) >= 11 is 0. The van der Waals surface area contributed by atoms with Gasteiger partial charge in [-0.2, -0.15) is 0 Å². The Hall–Kier alpha value is -0.830. The molecule has 104 valence electrons. The lowest BCUT2D eigenvalue weighted by atomic mass is 9.68. The van der Waals surface area contributed by atoms with Gasteiger partial charge in [0.15, 0.2) is 0 Å². The monoisotopic (exact) mass is 261 g/mol. The second-order valence-electron chi connectivity index (χ2n) is 6.98. The Morgan fingerprint density at radius 3 is 2.68 bits per heavy atom. The Morgan fingerprint density at radius 2 is 2.00 bits per heavy atom. The van der Waals surface area contributed by atoms with Crippen molar-refractivity contribution in [3.05, 3.63) is 12.2 Å². The van der Waals surface area contributed by atoms with Crippen molar-refractivity contribution in [2.45, 2.75) is 68.6 Å². The van der Waals surface area contributed by atoms with Crippen LogP contribution in [-0.4, -0.2) is 35.1 Å². The van der Waals surface area contributed by atoms with Crippen molar-refractivity contribution in [1.82, 2.24) is 4.90 Å². The molecule has 1 saturated carbocycles. The van der Waals surface area contributed by atoms with Crippen molar-refractivity contribution >= 4 is 6.41 Å². The molecule has 1 aliphatic carbocycles. The Kier molecular flexibility index (Phi) is 2.57. The molecule has 3 atom stereocenters. The van der Waals surface area contributed by atoms with Crippen LogP contribution >= 0.6 is 0 Å². The van der Waals surface area contributed by atoms with Gasteiger partial charge in [0.1, 0.15) is 5.60 Å². The van der Waals surface area contributed by atoms with E-state index in [1.54, 1.807) is 0 Å². The quantitative estimate of drug-likeness (QED) is 0.536. The lowest BCUT2D eigenvalue weighted by Gasteiger charge is -2.53. The molecular weight excluding hydrogens is 238 g/mol. The molecule has 0 N–H and O–H groups in total. The Bertz CT molecular complexity index is 411. The fraction of sp³-hybridized carbons (Fsp3) is 0.812. The van der Waals surface area contributed by atoms with Crippen LogP contribution in [-0.2, 0) is 9.53 Å². The highest BCUT2D eigenvalue weighted by Crippen LogP contribution is 2.53. The highest BCUT2D eigenvalue weighted by Gasteiger charge is 2.58. The van der Waals surface area contributed by atoms with Crippen molar-refractivity contribution in [3.63, 3.8) is 0 Å². The number of amides is 1. The summed E-state index contributed by atoms with van der Waals surface area (Å²) in [6, 6.07) is 0. The van der Waals surface area contributed by atoms with E-state index in [-0.39, 0.29) is 11.1 Å². The summed E-state index contributed by atoms with van der Waals surface area (Å²) in [6.45, 7) is 0.786. The normalized spacial score (nSPS) is 43.3. The molecule has 2 spiro atoms. The van der Waals surface area contributed by atoms with Gasteiger partial charge in [-0.25, -0.2) is 0 Å². The van der Waals surface area contributed by atoms with Crippen LogP contribution in [0.25, 0.3) is 0 Å². The van der Waals surface area contributed by atoms with E-state index < -0.39 is 0 Å². The number of hydrogen-bond acceptors (Lipinski definition) is 2. The SMILES string of the molecule is O=CN1C[C@]23C=C[C@H](C[C@H]2CC12CCCCCC2)O3. The van der Waals surface area contributed by atoms with Gasteiger partial charge in [0.2, 0.25) is 6.41 Å². The third-order valence-electron chi connectivity index (χ3n) is 5.99. The molecule has 0 aromatic heterocycles. The molecular formula is C16H23NO2. The van der Waals surface area contributed by atoms with Crippen LogP contribution in [0.15, 0.2) is 12.2 Å². The highest BCUT2D eigenvalue weighted by molar-refractivity contribution is 5.51. The Balaban J connectivity index is 1.66. The second kappa shape index (κ2) is 4.08. The smallest absolute Gasteiger partial charge is 0.210 e. The molecule has 4 aliphatic rings. The van der Waals surface area contributed by atoms with Gasteiger partial charge in [0, 0.05) is 5.54 Å². The second-order valence-corrected chi connectivity index (χ2v) is 6.98. The number of ether oxygens (including phenoxy) is 1. The molecule has 3 heteroatoms. The average molecular weight is 261 g/mol.